The van der Waals surface area contributed by atoms with Crippen LogP contribution in [-0.4, -0.2) is 16.7 Å². The van der Waals surface area contributed by atoms with E-state index in [4.69, 9.17) is 0 Å². The molecule has 0 radical (unpaired) electrons. The summed E-state index contributed by atoms with van der Waals surface area (Å²) in [5.74, 6) is -0.422. The smallest absolute Gasteiger partial charge is 0.223 e. The largest absolute Gasteiger partial charge is 0.504 e. The molecule has 0 saturated heterocycles. The van der Waals surface area contributed by atoms with Gasteiger partial charge < -0.3 is 5.11 Å². The molecule has 0 heterocycles. The standard InChI is InChI=1S/C15H22O3/c1-9(2)6-5-7-10(3)13-12(16)8-11(4)14(17)15(13)18/h8-10,18H,5-7H2,1-4H3. The molecule has 0 amide bonds. The SMILES string of the molecule is CC1=CC(=O)C(C(C)CCCC(C)C)=C(O)C1=O. The van der Waals surface area contributed by atoms with Crippen LogP contribution in [0.3, 0.4) is 0 Å². The lowest BCUT2D eigenvalue weighted by molar-refractivity contribution is -0.118. The van der Waals surface area contributed by atoms with Crippen LogP contribution in [0.25, 0.3) is 0 Å². The second kappa shape index (κ2) is 5.98. The summed E-state index contributed by atoms with van der Waals surface area (Å²) in [6.45, 7) is 7.76. The van der Waals surface area contributed by atoms with Gasteiger partial charge in [0.1, 0.15) is 0 Å². The molecule has 0 aliphatic heterocycles. The van der Waals surface area contributed by atoms with Crippen molar-refractivity contribution in [1.29, 1.82) is 0 Å². The average Bonchev–Trinajstić information content (AvgIpc) is 2.25. The van der Waals surface area contributed by atoms with E-state index >= 15 is 0 Å². The maximum atomic E-state index is 11.9. The van der Waals surface area contributed by atoms with Crippen molar-refractivity contribution in [2.75, 3.05) is 0 Å². The van der Waals surface area contributed by atoms with E-state index in [9.17, 15) is 14.7 Å². The van der Waals surface area contributed by atoms with Crippen molar-refractivity contribution in [3.63, 3.8) is 0 Å². The van der Waals surface area contributed by atoms with E-state index in [0.717, 1.165) is 19.3 Å². The molecule has 3 heteroatoms. The summed E-state index contributed by atoms with van der Waals surface area (Å²) in [6.07, 6.45) is 4.25. The Bertz CT molecular complexity index is 413. The van der Waals surface area contributed by atoms with Gasteiger partial charge in [0.25, 0.3) is 0 Å². The maximum absolute atomic E-state index is 11.9. The zero-order valence-electron chi connectivity index (χ0n) is 11.6. The first-order chi connectivity index (χ1) is 8.34. The third-order valence-electron chi connectivity index (χ3n) is 3.35. The fraction of sp³-hybridized carbons (Fsp3) is 0.600. The quantitative estimate of drug-likeness (QED) is 0.761. The van der Waals surface area contributed by atoms with E-state index in [1.807, 2.05) is 6.92 Å². The van der Waals surface area contributed by atoms with Crippen LogP contribution < -0.4 is 0 Å². The van der Waals surface area contributed by atoms with Crippen LogP contribution >= 0.6 is 0 Å². The summed E-state index contributed by atoms with van der Waals surface area (Å²) in [7, 11) is 0. The summed E-state index contributed by atoms with van der Waals surface area (Å²) >= 11 is 0. The van der Waals surface area contributed by atoms with E-state index in [0.29, 0.717) is 11.5 Å². The molecule has 0 saturated carbocycles. The second-order valence-corrected chi connectivity index (χ2v) is 5.51. The highest BCUT2D eigenvalue weighted by Crippen LogP contribution is 2.27. The van der Waals surface area contributed by atoms with E-state index in [1.165, 1.54) is 6.08 Å². The molecule has 0 aromatic heterocycles. The Morgan fingerprint density at radius 1 is 1.17 bits per heavy atom. The number of allylic oxidation sites excluding steroid dienone is 3. The van der Waals surface area contributed by atoms with E-state index < -0.39 is 5.78 Å². The third kappa shape index (κ3) is 3.31. The highest BCUT2D eigenvalue weighted by Gasteiger charge is 2.29. The number of carbonyl (C=O) groups is 2. The van der Waals surface area contributed by atoms with Gasteiger partial charge in [-0.25, -0.2) is 0 Å². The number of aliphatic hydroxyl groups excluding tert-OH is 1. The predicted octanol–water partition coefficient (Wildman–Crippen LogP) is 3.36. The molecule has 0 aromatic carbocycles. The predicted molar refractivity (Wildman–Crippen MR) is 71.3 cm³/mol. The monoisotopic (exact) mass is 250 g/mol. The van der Waals surface area contributed by atoms with Crippen molar-refractivity contribution >= 4 is 11.6 Å². The molecular weight excluding hydrogens is 228 g/mol. The number of hydrogen-bond donors (Lipinski definition) is 1. The lowest BCUT2D eigenvalue weighted by Crippen LogP contribution is -2.22. The Labute approximate surface area is 109 Å². The van der Waals surface area contributed by atoms with Crippen LogP contribution in [0.5, 0.6) is 0 Å². The minimum atomic E-state index is -0.416. The minimum absolute atomic E-state index is 0.0652. The molecule has 1 atom stereocenters. The molecule has 1 N–H and O–H groups in total. The topological polar surface area (TPSA) is 54.4 Å². The summed E-state index contributed by atoms with van der Waals surface area (Å²) in [6, 6.07) is 0. The molecule has 18 heavy (non-hydrogen) atoms. The number of aliphatic hydroxyl groups is 1. The van der Waals surface area contributed by atoms with Crippen molar-refractivity contribution in [1.82, 2.24) is 0 Å². The molecule has 3 nitrogen and oxygen atoms in total. The first-order valence-electron chi connectivity index (χ1n) is 6.55. The lowest BCUT2D eigenvalue weighted by atomic mass is 9.85. The first kappa shape index (κ1) is 14.7. The Hall–Kier alpha value is -1.38. The minimum Gasteiger partial charge on any atom is -0.504 e. The molecule has 0 bridgehead atoms. The zero-order chi connectivity index (χ0) is 13.9. The van der Waals surface area contributed by atoms with Gasteiger partial charge in [-0.15, -0.1) is 0 Å². The van der Waals surface area contributed by atoms with Gasteiger partial charge in [-0.05, 0) is 31.3 Å². The molecule has 1 aliphatic rings. The van der Waals surface area contributed by atoms with Gasteiger partial charge in [-0.1, -0.05) is 33.6 Å². The van der Waals surface area contributed by atoms with E-state index in [2.05, 4.69) is 13.8 Å². The van der Waals surface area contributed by atoms with Crippen LogP contribution in [0, 0.1) is 11.8 Å². The second-order valence-electron chi connectivity index (χ2n) is 5.51. The number of hydrogen-bond acceptors (Lipinski definition) is 3. The average molecular weight is 250 g/mol. The van der Waals surface area contributed by atoms with Crippen LogP contribution in [-0.2, 0) is 9.59 Å². The zero-order valence-corrected chi connectivity index (χ0v) is 11.6. The number of Topliss-reactive ketones (excluding diaryl/α,β-unsaturated/α-hetero) is 1. The Kier molecular flexibility index (Phi) is 4.88. The van der Waals surface area contributed by atoms with Crippen LogP contribution in [0.15, 0.2) is 23.0 Å². The fourth-order valence-corrected chi connectivity index (χ4v) is 2.22. The normalized spacial score (nSPS) is 18.4. The van der Waals surface area contributed by atoms with Crippen molar-refractivity contribution in [3.8, 4) is 0 Å². The Morgan fingerprint density at radius 2 is 1.78 bits per heavy atom. The van der Waals surface area contributed by atoms with Crippen molar-refractivity contribution < 1.29 is 14.7 Å². The molecule has 0 fully saturated rings. The molecule has 1 aliphatic carbocycles. The lowest BCUT2D eigenvalue weighted by Gasteiger charge is -2.19. The van der Waals surface area contributed by atoms with Gasteiger partial charge in [0, 0.05) is 11.1 Å². The highest BCUT2D eigenvalue weighted by atomic mass is 16.3. The number of rotatable bonds is 5. The molecule has 1 unspecified atom stereocenters. The number of carbonyl (C=O) groups excluding carboxylic acids is 2. The first-order valence-corrected chi connectivity index (χ1v) is 6.55. The maximum Gasteiger partial charge on any atom is 0.223 e. The Morgan fingerprint density at radius 3 is 2.33 bits per heavy atom. The van der Waals surface area contributed by atoms with Gasteiger partial charge in [0.2, 0.25) is 5.78 Å². The van der Waals surface area contributed by atoms with Gasteiger partial charge in [-0.3, -0.25) is 9.59 Å². The molecule has 100 valence electrons. The number of ketones is 2. The van der Waals surface area contributed by atoms with Gasteiger partial charge in [-0.2, -0.15) is 0 Å². The van der Waals surface area contributed by atoms with Crippen LogP contribution in [0.2, 0.25) is 0 Å². The van der Waals surface area contributed by atoms with Crippen LogP contribution in [0.1, 0.15) is 47.0 Å². The Balaban J connectivity index is 2.75. The highest BCUT2D eigenvalue weighted by molar-refractivity contribution is 6.21. The summed E-state index contributed by atoms with van der Waals surface area (Å²) in [5.41, 5.74) is 0.602. The fourth-order valence-electron chi connectivity index (χ4n) is 2.22. The van der Waals surface area contributed by atoms with Crippen molar-refractivity contribution in [3.05, 3.63) is 23.0 Å². The van der Waals surface area contributed by atoms with Gasteiger partial charge in [0.15, 0.2) is 11.5 Å². The summed E-state index contributed by atoms with van der Waals surface area (Å²) < 4.78 is 0. The molecular formula is C15H22O3. The molecule has 1 rings (SSSR count). The third-order valence-corrected chi connectivity index (χ3v) is 3.35. The van der Waals surface area contributed by atoms with Gasteiger partial charge >= 0.3 is 0 Å². The van der Waals surface area contributed by atoms with Crippen molar-refractivity contribution in [2.45, 2.75) is 47.0 Å². The summed E-state index contributed by atoms with van der Waals surface area (Å²) in [5, 5.41) is 9.83. The molecule has 0 spiro atoms. The van der Waals surface area contributed by atoms with E-state index in [-0.39, 0.29) is 23.0 Å². The van der Waals surface area contributed by atoms with Crippen molar-refractivity contribution in [2.24, 2.45) is 11.8 Å². The van der Waals surface area contributed by atoms with Crippen LogP contribution in [0.4, 0.5) is 0 Å². The van der Waals surface area contributed by atoms with E-state index in [1.54, 1.807) is 6.92 Å². The van der Waals surface area contributed by atoms with Gasteiger partial charge in [0.05, 0.1) is 0 Å². The molecule has 0 aromatic rings. The summed E-state index contributed by atoms with van der Waals surface area (Å²) in [4.78, 5) is 23.5.